The first-order chi connectivity index (χ1) is 57.5. The minimum atomic E-state index is -4.50. The van der Waals surface area contributed by atoms with Gasteiger partial charge in [-0.15, -0.1) is 0 Å². The van der Waals surface area contributed by atoms with Gasteiger partial charge in [0.15, 0.2) is 0 Å². The summed E-state index contributed by atoms with van der Waals surface area (Å²) in [7, 11) is 0. The molecule has 0 heterocycles. The zero-order valence-corrected chi connectivity index (χ0v) is 66.3. The van der Waals surface area contributed by atoms with E-state index in [4.69, 9.17) is 0 Å². The third-order valence-electron chi connectivity index (χ3n) is 19.3. The third kappa shape index (κ3) is 24.3. The zero-order valence-electron chi connectivity index (χ0n) is 66.3. The largest absolute Gasteiger partial charge is 0.432 e. The molecule has 0 radical (unpaired) electrons. The molecule has 0 aliphatic heterocycles. The van der Waals surface area contributed by atoms with Crippen LogP contribution in [-0.2, 0) is 50.1 Å². The molecule has 0 unspecified atom stereocenters. The standard InChI is InChI=1S/C25H22F6O.C24H20F6O.C23H18F6O.C22H16F6O.CH4/c1-3-4-5-6-16-7-9-17(10-8-16)18-11-22(28)24(23(29)12-18)25(30,31)32-19-13-20(26)15(2)21(27)14-19;1-3-4-5-15-6-8-16(9-7-15)17-10-21(27)23(22(28)11-17)24(29,30)31-18-12-19(25)14(2)20(26)13-18;1-3-4-14-5-7-15(8-6-14)16-9-20(26)22(21(27)10-16)23(28,29)30-17-11-18(24)13(2)19(25)12-17;1-3-13-4-6-14(7-5-13)15-8-19(25)21(20(26)9-15)22(27,28)29-16-10-17(23)12(2)18(24)11-16;/h7-14H,3-6H2,1-2H3;6-13H,3-5H2,1-2H3;5-12H,3-4H2,1-2H3;4-11H,3H2,1-2H3;1H4. The van der Waals surface area contributed by atoms with E-state index in [1.54, 1.807) is 72.8 Å². The van der Waals surface area contributed by atoms with Gasteiger partial charge in [-0.25, -0.2) is 70.2 Å². The van der Waals surface area contributed by atoms with E-state index in [0.29, 0.717) is 70.8 Å². The Morgan fingerprint density at radius 1 is 0.211 bits per heavy atom. The van der Waals surface area contributed by atoms with Crippen LogP contribution in [0.25, 0.3) is 44.5 Å². The molecule has 0 aliphatic carbocycles. The number of alkyl halides is 8. The molecule has 0 saturated carbocycles. The number of hydrogen-bond donors (Lipinski definition) is 0. The molecule has 28 heteroatoms. The average molecular weight is 1740 g/mol. The number of benzene rings is 12. The van der Waals surface area contributed by atoms with E-state index in [2.05, 4.69) is 32.8 Å². The molecule has 0 saturated heterocycles. The van der Waals surface area contributed by atoms with Crippen LogP contribution in [0, 0.1) is 121 Å². The summed E-state index contributed by atoms with van der Waals surface area (Å²) in [5.41, 5.74) is -1.88. The lowest BCUT2D eigenvalue weighted by Crippen LogP contribution is -2.25. The van der Waals surface area contributed by atoms with Gasteiger partial charge in [0.05, 0.1) is 0 Å². The Labute approximate surface area is 694 Å². The van der Waals surface area contributed by atoms with Crippen molar-refractivity contribution in [2.45, 2.75) is 151 Å². The molecule has 0 atom stereocenters. The number of hydrogen-bond acceptors (Lipinski definition) is 4. The molecule has 4 nitrogen and oxygen atoms in total. The number of halogens is 24. The Kier molecular flexibility index (Phi) is 32.5. The predicted molar refractivity (Wildman–Crippen MR) is 422 cm³/mol. The lowest BCUT2D eigenvalue weighted by Gasteiger charge is -2.20. The van der Waals surface area contributed by atoms with E-state index in [9.17, 15) is 105 Å². The minimum Gasteiger partial charge on any atom is -0.429 e. The summed E-state index contributed by atoms with van der Waals surface area (Å²) in [6.45, 7) is 12.6. The Morgan fingerprint density at radius 2 is 0.398 bits per heavy atom. The molecule has 0 N–H and O–H groups in total. The van der Waals surface area contributed by atoms with Gasteiger partial charge in [0.2, 0.25) is 0 Å². The molecule has 0 aromatic heterocycles. The van der Waals surface area contributed by atoms with Gasteiger partial charge in [0.1, 0.15) is 138 Å². The molecular formula is C95H80F24O4. The molecule has 123 heavy (non-hydrogen) atoms. The van der Waals surface area contributed by atoms with Gasteiger partial charge in [-0.2, -0.15) is 35.1 Å². The maximum Gasteiger partial charge on any atom is 0.432 e. The fourth-order valence-electron chi connectivity index (χ4n) is 12.4. The van der Waals surface area contributed by atoms with Crippen LogP contribution >= 0.6 is 0 Å². The summed E-state index contributed by atoms with van der Waals surface area (Å²) in [6.07, 6.45) is -8.46. The van der Waals surface area contributed by atoms with Crippen molar-refractivity contribution in [1.29, 1.82) is 0 Å². The van der Waals surface area contributed by atoms with Crippen molar-refractivity contribution in [3.8, 4) is 67.5 Å². The van der Waals surface area contributed by atoms with Gasteiger partial charge in [0, 0.05) is 70.8 Å². The molecule has 12 aromatic carbocycles. The van der Waals surface area contributed by atoms with Crippen LogP contribution in [0.3, 0.4) is 0 Å². The predicted octanol–water partition coefficient (Wildman–Crippen LogP) is 30.6. The van der Waals surface area contributed by atoms with Gasteiger partial charge in [0.25, 0.3) is 0 Å². The van der Waals surface area contributed by atoms with Gasteiger partial charge in [-0.1, -0.05) is 158 Å². The van der Waals surface area contributed by atoms with Gasteiger partial charge in [-0.05, 0) is 182 Å². The SMILES string of the molecule is C.CCCCCc1ccc(-c2cc(F)c(C(F)(F)Oc3cc(F)c(C)c(F)c3)c(F)c2)cc1.CCCCc1ccc(-c2cc(F)c(C(F)(F)Oc3cc(F)c(C)c(F)c3)c(F)c2)cc1.CCCc1ccc(-c2cc(F)c(C(F)(F)Oc3cc(F)c(C)c(F)c3)c(F)c2)cc1.CCc1ccc(-c2cc(F)c(C(F)(F)Oc3cc(F)c(C)c(F)c3)c(F)c2)cc1. The summed E-state index contributed by atoms with van der Waals surface area (Å²) in [4.78, 5) is 0. The van der Waals surface area contributed by atoms with Crippen LogP contribution in [0.2, 0.25) is 0 Å². The fourth-order valence-corrected chi connectivity index (χ4v) is 12.4. The lowest BCUT2D eigenvalue weighted by atomic mass is 9.99. The molecule has 0 aliphatic rings. The van der Waals surface area contributed by atoms with Crippen LogP contribution in [0.15, 0.2) is 194 Å². The smallest absolute Gasteiger partial charge is 0.429 e. The van der Waals surface area contributed by atoms with Crippen LogP contribution in [0.5, 0.6) is 23.0 Å². The molecule has 0 bridgehead atoms. The first-order valence-corrected chi connectivity index (χ1v) is 37.9. The van der Waals surface area contributed by atoms with Crippen molar-refractivity contribution >= 4 is 0 Å². The van der Waals surface area contributed by atoms with Gasteiger partial charge in [-0.3, -0.25) is 0 Å². The quantitative estimate of drug-likeness (QED) is 0.0400. The van der Waals surface area contributed by atoms with Crippen LogP contribution < -0.4 is 18.9 Å². The Morgan fingerprint density at radius 3 is 0.585 bits per heavy atom. The number of unbranched alkanes of at least 4 members (excludes halogenated alkanes) is 3. The van der Waals surface area contributed by atoms with Crippen molar-refractivity contribution in [2.75, 3.05) is 0 Å². The highest BCUT2D eigenvalue weighted by Crippen LogP contribution is 2.44. The van der Waals surface area contributed by atoms with Crippen molar-refractivity contribution in [3.05, 3.63) is 354 Å². The normalized spacial score (nSPS) is 11.5. The second kappa shape index (κ2) is 41.4. The summed E-state index contributed by atoms with van der Waals surface area (Å²) < 4.78 is 357. The minimum absolute atomic E-state index is 0. The number of aryl methyl sites for hydroxylation is 4. The Bertz CT molecular complexity index is 5480. The summed E-state index contributed by atoms with van der Waals surface area (Å²) in [5, 5.41) is 0. The molecular weight excluding hydrogens is 1660 g/mol. The van der Waals surface area contributed by atoms with E-state index in [0.717, 1.165) is 163 Å². The van der Waals surface area contributed by atoms with Crippen LogP contribution in [-0.4, -0.2) is 0 Å². The van der Waals surface area contributed by atoms with E-state index in [1.807, 2.05) is 38.1 Å². The number of ether oxygens (including phenoxy) is 4. The number of rotatable bonds is 26. The molecule has 12 aromatic rings. The van der Waals surface area contributed by atoms with Crippen molar-refractivity contribution < 1.29 is 124 Å². The second-order valence-corrected chi connectivity index (χ2v) is 28.2. The first kappa shape index (κ1) is 96.6. The van der Waals surface area contributed by atoms with Crippen LogP contribution in [0.1, 0.15) is 140 Å². The lowest BCUT2D eigenvalue weighted by molar-refractivity contribution is -0.190. The highest BCUT2D eigenvalue weighted by molar-refractivity contribution is 5.68. The molecule has 0 spiro atoms. The molecule has 652 valence electrons. The first-order valence-electron chi connectivity index (χ1n) is 37.9. The summed E-state index contributed by atoms with van der Waals surface area (Å²) in [5.74, 6) is -24.9. The monoisotopic (exact) mass is 1740 g/mol. The topological polar surface area (TPSA) is 36.9 Å². The van der Waals surface area contributed by atoms with Crippen LogP contribution in [0.4, 0.5) is 105 Å². The fraction of sp³-hybridized carbons (Fsp3) is 0.242. The van der Waals surface area contributed by atoms with Crippen molar-refractivity contribution in [2.24, 2.45) is 0 Å². The van der Waals surface area contributed by atoms with E-state index >= 15 is 0 Å². The second-order valence-electron chi connectivity index (χ2n) is 28.2. The Balaban J connectivity index is 0.000000203. The Hall–Kier alpha value is -11.8. The highest BCUT2D eigenvalue weighted by Gasteiger charge is 2.46. The van der Waals surface area contributed by atoms with Gasteiger partial charge >= 0.3 is 24.4 Å². The van der Waals surface area contributed by atoms with Crippen molar-refractivity contribution in [3.63, 3.8) is 0 Å². The molecule has 0 fully saturated rings. The van der Waals surface area contributed by atoms with E-state index in [1.165, 1.54) is 0 Å². The maximum atomic E-state index is 14.6. The average Bonchev–Trinajstić information content (AvgIpc) is 0.791. The molecule has 0 amide bonds. The maximum absolute atomic E-state index is 14.6. The van der Waals surface area contributed by atoms with E-state index in [-0.39, 0.29) is 29.7 Å². The zero-order chi connectivity index (χ0) is 89.6. The highest BCUT2D eigenvalue weighted by atomic mass is 19.3. The third-order valence-corrected chi connectivity index (χ3v) is 19.3. The van der Waals surface area contributed by atoms with Crippen molar-refractivity contribution in [1.82, 2.24) is 0 Å². The summed E-state index contributed by atoms with van der Waals surface area (Å²) in [6, 6.07) is 37.9. The molecule has 12 rings (SSSR count). The van der Waals surface area contributed by atoms with Gasteiger partial charge < -0.3 is 18.9 Å². The van der Waals surface area contributed by atoms with E-state index < -0.39 is 185 Å². The summed E-state index contributed by atoms with van der Waals surface area (Å²) >= 11 is 0.